The van der Waals surface area contributed by atoms with Crippen LogP contribution in [0.15, 0.2) is 36.8 Å². The van der Waals surface area contributed by atoms with Crippen LogP contribution in [0.3, 0.4) is 0 Å². The number of rotatable bonds is 4. The van der Waals surface area contributed by atoms with Crippen LogP contribution in [-0.2, 0) is 9.59 Å². The van der Waals surface area contributed by atoms with Crippen LogP contribution in [0.25, 0.3) is 0 Å². The van der Waals surface area contributed by atoms with Gasteiger partial charge in [-0.2, -0.15) is 0 Å². The number of aryl methyl sites for hydroxylation is 2. The highest BCUT2D eigenvalue weighted by Crippen LogP contribution is 2.27. The van der Waals surface area contributed by atoms with Gasteiger partial charge in [0.2, 0.25) is 11.8 Å². The average Bonchev–Trinajstić information content (AvgIpc) is 3.02. The Balaban J connectivity index is 1.33. The molecule has 7 heteroatoms. The molecule has 1 N–H and O–H groups in total. The predicted molar refractivity (Wildman–Crippen MR) is 103 cm³/mol. The molecule has 4 rings (SSSR count). The van der Waals surface area contributed by atoms with E-state index in [1.165, 1.54) is 5.56 Å². The largest absolute Gasteiger partial charge is 0.351 e. The summed E-state index contributed by atoms with van der Waals surface area (Å²) in [6.45, 7) is 5.94. The van der Waals surface area contributed by atoms with E-state index in [2.05, 4.69) is 20.2 Å². The van der Waals surface area contributed by atoms with Crippen LogP contribution < -0.4 is 15.1 Å². The summed E-state index contributed by atoms with van der Waals surface area (Å²) in [5.41, 5.74) is 3.21. The van der Waals surface area contributed by atoms with Crippen LogP contribution in [0, 0.1) is 19.8 Å². The van der Waals surface area contributed by atoms with E-state index in [1.54, 1.807) is 23.5 Å². The second-order valence-electron chi connectivity index (χ2n) is 7.35. The van der Waals surface area contributed by atoms with Crippen LogP contribution in [0.1, 0.15) is 17.5 Å². The Labute approximate surface area is 158 Å². The molecule has 2 aliphatic heterocycles. The predicted octanol–water partition coefficient (Wildman–Crippen LogP) is 1.45. The lowest BCUT2D eigenvalue weighted by atomic mass is 10.0. The van der Waals surface area contributed by atoms with Gasteiger partial charge in [-0.25, -0.2) is 4.98 Å². The molecule has 0 bridgehead atoms. The lowest BCUT2D eigenvalue weighted by molar-refractivity contribution is -0.127. The van der Waals surface area contributed by atoms with Crippen LogP contribution in [0.5, 0.6) is 0 Å². The maximum atomic E-state index is 12.6. The minimum Gasteiger partial charge on any atom is -0.351 e. The Bertz CT molecular complexity index is 864. The smallest absolute Gasteiger partial charge is 0.227 e. The molecule has 1 unspecified atom stereocenters. The molecule has 2 aliphatic rings. The summed E-state index contributed by atoms with van der Waals surface area (Å²) in [6.07, 6.45) is 5.28. The zero-order chi connectivity index (χ0) is 19.0. The van der Waals surface area contributed by atoms with Gasteiger partial charge in [0, 0.05) is 44.1 Å². The van der Waals surface area contributed by atoms with Crippen LogP contribution in [0.2, 0.25) is 0 Å². The van der Waals surface area contributed by atoms with Crippen LogP contribution in [0.4, 0.5) is 11.5 Å². The van der Waals surface area contributed by atoms with Crippen molar-refractivity contribution in [3.8, 4) is 0 Å². The quantitative estimate of drug-likeness (QED) is 0.887. The summed E-state index contributed by atoms with van der Waals surface area (Å²) in [5.74, 6) is 0.483. The first-order valence-corrected chi connectivity index (χ1v) is 9.20. The Morgan fingerprint density at radius 3 is 2.67 bits per heavy atom. The molecule has 0 radical (unpaired) electrons. The average molecular weight is 365 g/mol. The number of nitrogens with one attached hydrogen (secondary N) is 1. The third-order valence-corrected chi connectivity index (χ3v) is 5.40. The zero-order valence-electron chi connectivity index (χ0n) is 15.6. The lowest BCUT2D eigenvalue weighted by Gasteiger charge is -2.40. The molecule has 0 spiro atoms. The monoisotopic (exact) mass is 365 g/mol. The number of aromatic nitrogens is 2. The number of carbonyl (C=O) groups is 2. The van der Waals surface area contributed by atoms with Crippen molar-refractivity contribution in [3.05, 3.63) is 47.9 Å². The van der Waals surface area contributed by atoms with Crippen molar-refractivity contribution >= 4 is 23.3 Å². The molecular formula is C20H23N5O2. The summed E-state index contributed by atoms with van der Waals surface area (Å²) in [7, 11) is 0. The highest BCUT2D eigenvalue weighted by Gasteiger charge is 2.37. The molecule has 3 heterocycles. The van der Waals surface area contributed by atoms with Gasteiger partial charge in [0.25, 0.3) is 0 Å². The first-order chi connectivity index (χ1) is 13.0. The summed E-state index contributed by atoms with van der Waals surface area (Å²) in [4.78, 5) is 37.1. The Morgan fingerprint density at radius 1 is 1.15 bits per heavy atom. The van der Waals surface area contributed by atoms with Crippen molar-refractivity contribution < 1.29 is 9.59 Å². The van der Waals surface area contributed by atoms with Crippen molar-refractivity contribution in [3.63, 3.8) is 0 Å². The SMILES string of the molecule is Cc1ccc(N2CC(C(=O)NC3CN(c4cnccn4)C3)CC2=O)cc1C. The first kappa shape index (κ1) is 17.5. The molecule has 7 nitrogen and oxygen atoms in total. The molecular weight excluding hydrogens is 342 g/mol. The van der Waals surface area contributed by atoms with Crippen molar-refractivity contribution in [1.82, 2.24) is 15.3 Å². The standard InChI is InChI=1S/C20H23N5O2/c1-13-3-4-17(7-14(13)2)25-10-15(8-19(25)26)20(27)23-16-11-24(12-16)18-9-21-5-6-22-18/h3-7,9,15-16H,8,10-12H2,1-2H3,(H,23,27). The number of anilines is 2. The van der Waals surface area contributed by atoms with Crippen LogP contribution >= 0.6 is 0 Å². The molecule has 1 atom stereocenters. The van der Waals surface area contributed by atoms with E-state index in [9.17, 15) is 9.59 Å². The fourth-order valence-corrected chi connectivity index (χ4v) is 3.56. The Hall–Kier alpha value is -2.96. The van der Waals surface area contributed by atoms with Gasteiger partial charge in [-0.15, -0.1) is 0 Å². The molecule has 1 aromatic carbocycles. The lowest BCUT2D eigenvalue weighted by Crippen LogP contribution is -2.60. The topological polar surface area (TPSA) is 78.4 Å². The van der Waals surface area contributed by atoms with Gasteiger partial charge >= 0.3 is 0 Å². The van der Waals surface area contributed by atoms with E-state index in [0.717, 1.165) is 17.1 Å². The fraction of sp³-hybridized carbons (Fsp3) is 0.400. The van der Waals surface area contributed by atoms with E-state index >= 15 is 0 Å². The van der Waals surface area contributed by atoms with Gasteiger partial charge in [0.05, 0.1) is 18.2 Å². The zero-order valence-corrected chi connectivity index (χ0v) is 15.6. The molecule has 0 saturated carbocycles. The number of benzene rings is 1. The molecule has 0 aliphatic carbocycles. The van der Waals surface area contributed by atoms with Crippen LogP contribution in [-0.4, -0.2) is 47.5 Å². The molecule has 2 amide bonds. The summed E-state index contributed by atoms with van der Waals surface area (Å²) in [6, 6.07) is 6.06. The molecule has 2 fully saturated rings. The van der Waals surface area contributed by atoms with E-state index < -0.39 is 0 Å². The molecule has 1 aromatic heterocycles. The molecule has 27 heavy (non-hydrogen) atoms. The highest BCUT2D eigenvalue weighted by atomic mass is 16.2. The fourth-order valence-electron chi connectivity index (χ4n) is 3.56. The minimum atomic E-state index is -0.301. The van der Waals surface area contributed by atoms with Crippen molar-refractivity contribution in [1.29, 1.82) is 0 Å². The van der Waals surface area contributed by atoms with Gasteiger partial charge in [0.1, 0.15) is 5.82 Å². The van der Waals surface area contributed by atoms with Crippen molar-refractivity contribution in [2.24, 2.45) is 5.92 Å². The maximum absolute atomic E-state index is 12.6. The number of nitrogens with zero attached hydrogens (tertiary/aromatic N) is 4. The minimum absolute atomic E-state index is 0.00759. The van der Waals surface area contributed by atoms with Crippen molar-refractivity contribution in [2.45, 2.75) is 26.3 Å². The first-order valence-electron chi connectivity index (χ1n) is 9.20. The summed E-state index contributed by atoms with van der Waals surface area (Å²) in [5, 5.41) is 3.06. The van der Waals surface area contributed by atoms with E-state index in [-0.39, 0.29) is 30.2 Å². The number of hydrogen-bond acceptors (Lipinski definition) is 5. The van der Waals surface area contributed by atoms with E-state index in [1.807, 2.05) is 32.0 Å². The molecule has 2 saturated heterocycles. The van der Waals surface area contributed by atoms with Gasteiger partial charge in [-0.3, -0.25) is 14.6 Å². The molecule has 2 aromatic rings. The number of amides is 2. The number of carbonyl (C=O) groups excluding carboxylic acids is 2. The Kier molecular flexibility index (Phi) is 4.51. The third kappa shape index (κ3) is 3.49. The summed E-state index contributed by atoms with van der Waals surface area (Å²) < 4.78 is 0. The van der Waals surface area contributed by atoms with Gasteiger partial charge in [-0.05, 0) is 37.1 Å². The number of hydrogen-bond donors (Lipinski definition) is 1. The van der Waals surface area contributed by atoms with Gasteiger partial charge in [-0.1, -0.05) is 6.07 Å². The van der Waals surface area contributed by atoms with Gasteiger partial charge in [0.15, 0.2) is 0 Å². The third-order valence-electron chi connectivity index (χ3n) is 5.40. The van der Waals surface area contributed by atoms with Gasteiger partial charge < -0.3 is 15.1 Å². The second kappa shape index (κ2) is 6.98. The highest BCUT2D eigenvalue weighted by molar-refractivity contribution is 6.00. The summed E-state index contributed by atoms with van der Waals surface area (Å²) >= 11 is 0. The normalized spacial score (nSPS) is 19.9. The van der Waals surface area contributed by atoms with E-state index in [4.69, 9.17) is 0 Å². The second-order valence-corrected chi connectivity index (χ2v) is 7.35. The maximum Gasteiger partial charge on any atom is 0.227 e. The molecule has 140 valence electrons. The van der Waals surface area contributed by atoms with Crippen molar-refractivity contribution in [2.75, 3.05) is 29.4 Å². The Morgan fingerprint density at radius 2 is 1.96 bits per heavy atom. The van der Waals surface area contributed by atoms with E-state index in [0.29, 0.717) is 19.6 Å².